The third-order valence-electron chi connectivity index (χ3n) is 2.44. The molecule has 0 radical (unpaired) electrons. The summed E-state index contributed by atoms with van der Waals surface area (Å²) in [6.07, 6.45) is 3.53. The molecule has 1 amide bonds. The number of hydrogen-bond donors (Lipinski definition) is 2. The van der Waals surface area contributed by atoms with Gasteiger partial charge in [0.1, 0.15) is 0 Å². The van der Waals surface area contributed by atoms with Gasteiger partial charge >= 0.3 is 0 Å². The minimum Gasteiger partial charge on any atom is -0.352 e. The van der Waals surface area contributed by atoms with E-state index in [4.69, 9.17) is 0 Å². The van der Waals surface area contributed by atoms with Crippen molar-refractivity contribution in [1.82, 2.24) is 15.6 Å². The number of nitrogens with zero attached hydrogens (tertiary/aromatic N) is 1. The van der Waals surface area contributed by atoms with Crippen molar-refractivity contribution >= 4 is 17.2 Å². The number of carbonyl (C=O) groups is 1. The molecule has 1 fully saturated rings. The monoisotopic (exact) mass is 225 g/mol. The van der Waals surface area contributed by atoms with Crippen molar-refractivity contribution in [1.29, 1.82) is 0 Å². The maximum absolute atomic E-state index is 10.9. The standard InChI is InChI=1S/C10H15N3OS/c1-7-12-6-9(15-7)5-11-4-8-2-3-10(14)13-8/h6,8,11H,2-5H2,1H3,(H,13,14). The van der Waals surface area contributed by atoms with Gasteiger partial charge in [0.05, 0.1) is 5.01 Å². The molecule has 0 aromatic carbocycles. The Morgan fingerprint density at radius 1 is 1.73 bits per heavy atom. The van der Waals surface area contributed by atoms with E-state index in [1.54, 1.807) is 11.3 Å². The molecule has 1 aromatic rings. The Morgan fingerprint density at radius 3 is 3.20 bits per heavy atom. The summed E-state index contributed by atoms with van der Waals surface area (Å²) in [6.45, 7) is 3.70. The van der Waals surface area contributed by atoms with Gasteiger partial charge in [-0.1, -0.05) is 0 Å². The quantitative estimate of drug-likeness (QED) is 0.797. The van der Waals surface area contributed by atoms with E-state index < -0.39 is 0 Å². The van der Waals surface area contributed by atoms with Crippen LogP contribution in [-0.4, -0.2) is 23.5 Å². The lowest BCUT2D eigenvalue weighted by Crippen LogP contribution is -2.35. The maximum atomic E-state index is 10.9. The van der Waals surface area contributed by atoms with Crippen LogP contribution in [0.4, 0.5) is 0 Å². The molecule has 1 unspecified atom stereocenters. The van der Waals surface area contributed by atoms with Gasteiger partial charge in [0.2, 0.25) is 5.91 Å². The Hall–Kier alpha value is -0.940. The molecule has 1 saturated heterocycles. The third-order valence-corrected chi connectivity index (χ3v) is 3.36. The van der Waals surface area contributed by atoms with Gasteiger partial charge < -0.3 is 10.6 Å². The summed E-state index contributed by atoms with van der Waals surface area (Å²) < 4.78 is 0. The molecule has 0 spiro atoms. The zero-order valence-electron chi connectivity index (χ0n) is 8.75. The molecule has 0 saturated carbocycles. The van der Waals surface area contributed by atoms with Crippen molar-refractivity contribution in [2.45, 2.75) is 32.4 Å². The fourth-order valence-electron chi connectivity index (χ4n) is 1.69. The SMILES string of the molecule is Cc1ncc(CNCC2CCC(=O)N2)s1. The van der Waals surface area contributed by atoms with Gasteiger partial charge in [0, 0.05) is 36.6 Å². The molecule has 15 heavy (non-hydrogen) atoms. The molecule has 0 bridgehead atoms. The van der Waals surface area contributed by atoms with Crippen molar-refractivity contribution in [2.75, 3.05) is 6.54 Å². The lowest BCUT2D eigenvalue weighted by molar-refractivity contribution is -0.119. The normalized spacial score (nSPS) is 20.6. The molecule has 2 rings (SSSR count). The second-order valence-corrected chi connectivity index (χ2v) is 5.10. The number of thiazole rings is 1. The predicted octanol–water partition coefficient (Wildman–Crippen LogP) is 0.820. The van der Waals surface area contributed by atoms with Crippen LogP contribution in [-0.2, 0) is 11.3 Å². The molecule has 82 valence electrons. The average Bonchev–Trinajstić information content (AvgIpc) is 2.76. The highest BCUT2D eigenvalue weighted by Crippen LogP contribution is 2.11. The van der Waals surface area contributed by atoms with E-state index in [2.05, 4.69) is 15.6 Å². The molecular formula is C10H15N3OS. The van der Waals surface area contributed by atoms with Gasteiger partial charge in [-0.3, -0.25) is 4.79 Å². The maximum Gasteiger partial charge on any atom is 0.220 e. The Kier molecular flexibility index (Phi) is 3.33. The predicted molar refractivity (Wildman–Crippen MR) is 59.7 cm³/mol. The van der Waals surface area contributed by atoms with Gasteiger partial charge in [-0.25, -0.2) is 4.98 Å². The topological polar surface area (TPSA) is 54.0 Å². The first-order chi connectivity index (χ1) is 7.24. The van der Waals surface area contributed by atoms with E-state index in [0.717, 1.165) is 24.5 Å². The number of amides is 1. The van der Waals surface area contributed by atoms with Crippen molar-refractivity contribution in [2.24, 2.45) is 0 Å². The van der Waals surface area contributed by atoms with E-state index in [1.807, 2.05) is 13.1 Å². The number of nitrogens with one attached hydrogen (secondary N) is 2. The number of hydrogen-bond acceptors (Lipinski definition) is 4. The van der Waals surface area contributed by atoms with Crippen LogP contribution in [0.5, 0.6) is 0 Å². The molecule has 1 aliphatic heterocycles. The van der Waals surface area contributed by atoms with Crippen LogP contribution in [0.15, 0.2) is 6.20 Å². The van der Waals surface area contributed by atoms with Crippen LogP contribution < -0.4 is 10.6 Å². The van der Waals surface area contributed by atoms with E-state index >= 15 is 0 Å². The second kappa shape index (κ2) is 4.72. The minimum absolute atomic E-state index is 0.176. The third kappa shape index (κ3) is 3.00. The largest absolute Gasteiger partial charge is 0.352 e. The molecular weight excluding hydrogens is 210 g/mol. The molecule has 2 heterocycles. The lowest BCUT2D eigenvalue weighted by atomic mass is 10.2. The molecule has 1 atom stereocenters. The Labute approximate surface area is 93.1 Å². The summed E-state index contributed by atoms with van der Waals surface area (Å²) in [6, 6.07) is 0.312. The summed E-state index contributed by atoms with van der Waals surface area (Å²) in [5.74, 6) is 0.176. The smallest absolute Gasteiger partial charge is 0.220 e. The van der Waals surface area contributed by atoms with Crippen LogP contribution in [0.2, 0.25) is 0 Å². The van der Waals surface area contributed by atoms with E-state index in [9.17, 15) is 4.79 Å². The summed E-state index contributed by atoms with van der Waals surface area (Å²) in [5.41, 5.74) is 0. The van der Waals surface area contributed by atoms with Gasteiger partial charge in [-0.15, -0.1) is 11.3 Å². The van der Waals surface area contributed by atoms with Gasteiger partial charge in [-0.05, 0) is 13.3 Å². The fourth-order valence-corrected chi connectivity index (χ4v) is 2.45. The van der Waals surface area contributed by atoms with E-state index in [0.29, 0.717) is 12.5 Å². The highest BCUT2D eigenvalue weighted by atomic mass is 32.1. The highest BCUT2D eigenvalue weighted by molar-refractivity contribution is 7.11. The lowest BCUT2D eigenvalue weighted by Gasteiger charge is -2.09. The first kappa shape index (κ1) is 10.6. The molecule has 5 heteroatoms. The Bertz CT molecular complexity index is 350. The number of carbonyl (C=O) groups excluding carboxylic acids is 1. The molecule has 1 aromatic heterocycles. The number of aromatic nitrogens is 1. The van der Waals surface area contributed by atoms with Crippen molar-refractivity contribution in [3.63, 3.8) is 0 Å². The van der Waals surface area contributed by atoms with Crippen LogP contribution in [0, 0.1) is 6.92 Å². The summed E-state index contributed by atoms with van der Waals surface area (Å²) in [4.78, 5) is 16.4. The molecule has 2 N–H and O–H groups in total. The highest BCUT2D eigenvalue weighted by Gasteiger charge is 2.19. The first-order valence-corrected chi connectivity index (χ1v) is 5.97. The Balaban J connectivity index is 1.69. The van der Waals surface area contributed by atoms with E-state index in [1.165, 1.54) is 4.88 Å². The number of rotatable bonds is 4. The molecule has 1 aliphatic rings. The van der Waals surface area contributed by atoms with Crippen molar-refractivity contribution in [3.05, 3.63) is 16.1 Å². The van der Waals surface area contributed by atoms with E-state index in [-0.39, 0.29) is 5.91 Å². The van der Waals surface area contributed by atoms with Crippen LogP contribution >= 0.6 is 11.3 Å². The summed E-state index contributed by atoms with van der Waals surface area (Å²) in [7, 11) is 0. The summed E-state index contributed by atoms with van der Waals surface area (Å²) in [5, 5.41) is 7.36. The summed E-state index contributed by atoms with van der Waals surface area (Å²) >= 11 is 1.71. The van der Waals surface area contributed by atoms with Crippen LogP contribution in [0.1, 0.15) is 22.7 Å². The van der Waals surface area contributed by atoms with Gasteiger partial charge in [0.15, 0.2) is 0 Å². The van der Waals surface area contributed by atoms with Crippen LogP contribution in [0.25, 0.3) is 0 Å². The fraction of sp³-hybridized carbons (Fsp3) is 0.600. The number of aryl methyl sites for hydroxylation is 1. The zero-order valence-corrected chi connectivity index (χ0v) is 9.56. The van der Waals surface area contributed by atoms with Gasteiger partial charge in [-0.2, -0.15) is 0 Å². The van der Waals surface area contributed by atoms with Crippen molar-refractivity contribution < 1.29 is 4.79 Å². The molecule has 0 aliphatic carbocycles. The van der Waals surface area contributed by atoms with Gasteiger partial charge in [0.25, 0.3) is 0 Å². The van der Waals surface area contributed by atoms with Crippen molar-refractivity contribution in [3.8, 4) is 0 Å². The zero-order chi connectivity index (χ0) is 10.7. The average molecular weight is 225 g/mol. The second-order valence-electron chi connectivity index (χ2n) is 3.78. The van der Waals surface area contributed by atoms with Crippen LogP contribution in [0.3, 0.4) is 0 Å². The first-order valence-electron chi connectivity index (χ1n) is 5.15. The minimum atomic E-state index is 0.176. The Morgan fingerprint density at radius 2 is 2.60 bits per heavy atom. The molecule has 4 nitrogen and oxygen atoms in total.